The molecule has 0 aromatic rings. The van der Waals surface area contributed by atoms with Crippen molar-refractivity contribution in [1.82, 2.24) is 0 Å². The maximum absolute atomic E-state index is 10.2. The molecular weight excluding hydrogens is 316 g/mol. The van der Waals surface area contributed by atoms with Gasteiger partial charge in [0.05, 0.1) is 6.10 Å². The molecule has 0 saturated heterocycles. The number of fused-ring (bicyclic) bond motifs is 1. The number of aliphatic hydroxyl groups excluding tert-OH is 2. The number of hydrogen-bond donors (Lipinski definition) is 2. The van der Waals surface area contributed by atoms with Gasteiger partial charge in [0.2, 0.25) is 0 Å². The third-order valence-electron chi connectivity index (χ3n) is 5.33. The molecule has 0 bridgehead atoms. The summed E-state index contributed by atoms with van der Waals surface area (Å²) in [6.07, 6.45) is 9.72. The van der Waals surface area contributed by atoms with Gasteiger partial charge in [-0.1, -0.05) is 34.2 Å². The molecular formula is C17H23BrO2. The molecule has 0 radical (unpaired) electrons. The summed E-state index contributed by atoms with van der Waals surface area (Å²) in [4.78, 5) is 0.246. The third-order valence-corrected chi connectivity index (χ3v) is 6.24. The van der Waals surface area contributed by atoms with Gasteiger partial charge in [-0.25, -0.2) is 0 Å². The first-order valence-electron chi connectivity index (χ1n) is 7.55. The van der Waals surface area contributed by atoms with Gasteiger partial charge in [0, 0.05) is 10.7 Å². The van der Waals surface area contributed by atoms with Crippen LogP contribution in [0.4, 0.5) is 0 Å². The van der Waals surface area contributed by atoms with Gasteiger partial charge in [-0.2, -0.15) is 0 Å². The highest BCUT2D eigenvalue weighted by Crippen LogP contribution is 2.46. The van der Waals surface area contributed by atoms with Crippen molar-refractivity contribution in [3.8, 4) is 0 Å². The highest BCUT2D eigenvalue weighted by molar-refractivity contribution is 9.09. The minimum absolute atomic E-state index is 0.230. The van der Waals surface area contributed by atoms with Crippen LogP contribution >= 0.6 is 15.9 Å². The normalized spacial score (nSPS) is 44.5. The molecule has 0 heterocycles. The summed E-state index contributed by atoms with van der Waals surface area (Å²) in [7, 11) is 0. The molecule has 6 unspecified atom stereocenters. The molecule has 6 atom stereocenters. The van der Waals surface area contributed by atoms with Crippen LogP contribution in [0.1, 0.15) is 33.1 Å². The Balaban J connectivity index is 1.76. The van der Waals surface area contributed by atoms with E-state index >= 15 is 0 Å². The molecule has 0 amide bonds. The second kappa shape index (κ2) is 5.34. The fourth-order valence-electron chi connectivity index (χ4n) is 4.17. The smallest absolute Gasteiger partial charge is 0.117 e. The van der Waals surface area contributed by atoms with Crippen molar-refractivity contribution in [2.45, 2.75) is 44.0 Å². The lowest BCUT2D eigenvalue weighted by Crippen LogP contribution is -2.27. The Morgan fingerprint density at radius 2 is 1.90 bits per heavy atom. The number of alkyl halides is 1. The molecule has 1 saturated carbocycles. The van der Waals surface area contributed by atoms with Crippen molar-refractivity contribution in [1.29, 1.82) is 0 Å². The molecule has 3 aliphatic carbocycles. The number of hydrogen-bond acceptors (Lipinski definition) is 2. The molecule has 2 N–H and O–H groups in total. The van der Waals surface area contributed by atoms with Gasteiger partial charge < -0.3 is 10.2 Å². The third kappa shape index (κ3) is 2.39. The van der Waals surface area contributed by atoms with E-state index < -0.39 is 0 Å². The first kappa shape index (κ1) is 14.4. The fraction of sp³-hybridized carbons (Fsp3) is 0.647. The molecule has 110 valence electrons. The molecule has 0 aromatic heterocycles. The molecule has 0 aromatic carbocycles. The Labute approximate surface area is 129 Å². The van der Waals surface area contributed by atoms with Crippen molar-refractivity contribution >= 4 is 15.9 Å². The van der Waals surface area contributed by atoms with E-state index in [-0.39, 0.29) is 10.9 Å². The Morgan fingerprint density at radius 3 is 2.60 bits per heavy atom. The quantitative estimate of drug-likeness (QED) is 0.557. The summed E-state index contributed by atoms with van der Waals surface area (Å²) >= 11 is 3.60. The minimum atomic E-state index is -0.230. The van der Waals surface area contributed by atoms with E-state index in [0.717, 1.165) is 30.4 Å². The highest BCUT2D eigenvalue weighted by Gasteiger charge is 2.43. The van der Waals surface area contributed by atoms with Gasteiger partial charge in [0.15, 0.2) is 0 Å². The number of aliphatic hydroxyl groups is 2. The summed E-state index contributed by atoms with van der Waals surface area (Å²) in [5.41, 5.74) is 2.12. The van der Waals surface area contributed by atoms with Crippen LogP contribution in [0.25, 0.3) is 0 Å². The Hall–Kier alpha value is -0.540. The van der Waals surface area contributed by atoms with Crippen molar-refractivity contribution in [3.63, 3.8) is 0 Å². The van der Waals surface area contributed by atoms with Crippen molar-refractivity contribution in [2.75, 3.05) is 0 Å². The Kier molecular flexibility index (Phi) is 3.85. The van der Waals surface area contributed by atoms with Gasteiger partial charge in [0.25, 0.3) is 0 Å². The SMILES string of the molecule is CC1=CC(C2C=CC3C(CC(Br)C3O)C2)CC(C)=C1O. The summed E-state index contributed by atoms with van der Waals surface area (Å²) in [6, 6.07) is 0. The minimum Gasteiger partial charge on any atom is -0.508 e. The first-order chi connectivity index (χ1) is 9.47. The highest BCUT2D eigenvalue weighted by atomic mass is 79.9. The molecule has 2 nitrogen and oxygen atoms in total. The van der Waals surface area contributed by atoms with Crippen LogP contribution in [-0.2, 0) is 0 Å². The predicted molar refractivity (Wildman–Crippen MR) is 84.8 cm³/mol. The predicted octanol–water partition coefficient (Wildman–Crippen LogP) is 4.12. The summed E-state index contributed by atoms with van der Waals surface area (Å²) in [5.74, 6) is 2.44. The fourth-order valence-corrected chi connectivity index (χ4v) is 5.00. The Morgan fingerprint density at radius 1 is 1.15 bits per heavy atom. The molecule has 3 rings (SSSR count). The zero-order valence-corrected chi connectivity index (χ0v) is 13.7. The molecule has 20 heavy (non-hydrogen) atoms. The summed E-state index contributed by atoms with van der Waals surface area (Å²) in [5, 5.41) is 20.1. The first-order valence-corrected chi connectivity index (χ1v) is 8.47. The summed E-state index contributed by atoms with van der Waals surface area (Å²) in [6.45, 7) is 4.02. The summed E-state index contributed by atoms with van der Waals surface area (Å²) < 4.78 is 0. The molecule has 0 spiro atoms. The lowest BCUT2D eigenvalue weighted by Gasteiger charge is -2.33. The lowest BCUT2D eigenvalue weighted by molar-refractivity contribution is 0.135. The number of allylic oxidation sites excluding steroid dienone is 4. The average Bonchev–Trinajstić information content (AvgIpc) is 2.70. The van der Waals surface area contributed by atoms with Crippen LogP contribution < -0.4 is 0 Å². The van der Waals surface area contributed by atoms with Gasteiger partial charge >= 0.3 is 0 Å². The van der Waals surface area contributed by atoms with Gasteiger partial charge in [-0.3, -0.25) is 0 Å². The zero-order chi connectivity index (χ0) is 14.4. The van der Waals surface area contributed by atoms with Gasteiger partial charge in [-0.05, 0) is 62.0 Å². The van der Waals surface area contributed by atoms with Crippen LogP contribution in [0.3, 0.4) is 0 Å². The lowest BCUT2D eigenvalue weighted by atomic mass is 9.72. The van der Waals surface area contributed by atoms with E-state index in [4.69, 9.17) is 0 Å². The maximum atomic E-state index is 10.2. The monoisotopic (exact) mass is 338 g/mol. The molecule has 1 fully saturated rings. The number of halogens is 1. The van der Waals surface area contributed by atoms with Crippen molar-refractivity contribution in [3.05, 3.63) is 35.1 Å². The van der Waals surface area contributed by atoms with E-state index in [1.54, 1.807) is 0 Å². The molecule has 3 heteroatoms. The molecule has 0 aliphatic heterocycles. The molecule has 3 aliphatic rings. The van der Waals surface area contributed by atoms with Crippen LogP contribution in [0.15, 0.2) is 35.1 Å². The van der Waals surface area contributed by atoms with E-state index in [1.165, 1.54) is 0 Å². The topological polar surface area (TPSA) is 40.5 Å². The Bertz CT molecular complexity index is 491. The van der Waals surface area contributed by atoms with E-state index in [1.807, 2.05) is 13.8 Å². The van der Waals surface area contributed by atoms with Crippen LogP contribution in [-0.4, -0.2) is 21.1 Å². The van der Waals surface area contributed by atoms with Crippen LogP contribution in [0, 0.1) is 23.7 Å². The average molecular weight is 339 g/mol. The van der Waals surface area contributed by atoms with E-state index in [9.17, 15) is 10.2 Å². The van der Waals surface area contributed by atoms with Gasteiger partial charge in [0.1, 0.15) is 5.76 Å². The second-order valence-corrected chi connectivity index (χ2v) is 7.89. The van der Waals surface area contributed by atoms with E-state index in [0.29, 0.717) is 29.4 Å². The standard InChI is InChI=1S/C17H23BrO2/c1-9-5-12(6-10(2)16(9)19)11-3-4-14-13(7-11)8-15(18)17(14)20/h3-5,11-15,17,19-20H,6-8H2,1-2H3. The maximum Gasteiger partial charge on any atom is 0.117 e. The van der Waals surface area contributed by atoms with Gasteiger partial charge in [-0.15, -0.1) is 0 Å². The largest absolute Gasteiger partial charge is 0.508 e. The van der Waals surface area contributed by atoms with Crippen LogP contribution in [0.2, 0.25) is 0 Å². The van der Waals surface area contributed by atoms with Crippen molar-refractivity contribution < 1.29 is 10.2 Å². The number of rotatable bonds is 1. The second-order valence-electron chi connectivity index (χ2n) is 6.71. The van der Waals surface area contributed by atoms with E-state index in [2.05, 4.69) is 34.2 Å². The van der Waals surface area contributed by atoms with Crippen molar-refractivity contribution in [2.24, 2.45) is 23.7 Å². The van der Waals surface area contributed by atoms with Crippen LogP contribution in [0.5, 0.6) is 0 Å². The zero-order valence-electron chi connectivity index (χ0n) is 12.1.